The largest absolute Gasteiger partial charge is 0.469 e. The van der Waals surface area contributed by atoms with Gasteiger partial charge in [0.15, 0.2) is 0 Å². The number of rotatable bonds is 4. The van der Waals surface area contributed by atoms with Gasteiger partial charge in [-0.3, -0.25) is 9.59 Å². The maximum atomic E-state index is 12.1. The number of hydrogen-bond acceptors (Lipinski definition) is 5. The van der Waals surface area contributed by atoms with Crippen molar-refractivity contribution in [3.8, 4) is 0 Å². The first-order valence-electron chi connectivity index (χ1n) is 6.71. The maximum Gasteiger partial charge on any atom is 0.310 e. The van der Waals surface area contributed by atoms with Crippen LogP contribution in [0.5, 0.6) is 0 Å². The molecule has 0 bridgehead atoms. The smallest absolute Gasteiger partial charge is 0.310 e. The minimum Gasteiger partial charge on any atom is -0.469 e. The third-order valence-electron chi connectivity index (χ3n) is 3.51. The molecule has 0 aromatic heterocycles. The summed E-state index contributed by atoms with van der Waals surface area (Å²) in [6.45, 7) is 1.40. The lowest BCUT2D eigenvalue weighted by Gasteiger charge is -2.28. The van der Waals surface area contributed by atoms with E-state index < -0.39 is 11.8 Å². The predicted molar refractivity (Wildman–Crippen MR) is 72.7 cm³/mol. The second-order valence-corrected chi connectivity index (χ2v) is 4.82. The normalized spacial score (nSPS) is 22.1. The number of piperidine rings is 1. The molecule has 0 radical (unpaired) electrons. The van der Waals surface area contributed by atoms with E-state index in [0.29, 0.717) is 19.5 Å². The van der Waals surface area contributed by atoms with E-state index in [1.54, 1.807) is 0 Å². The van der Waals surface area contributed by atoms with Gasteiger partial charge in [-0.05, 0) is 18.5 Å². The van der Waals surface area contributed by atoms with Crippen LogP contribution in [0.4, 0.5) is 0 Å². The summed E-state index contributed by atoms with van der Waals surface area (Å²) in [6.07, 6.45) is 0.591. The molecule has 2 rings (SSSR count). The number of ether oxygens (including phenoxy) is 2. The Morgan fingerprint density at radius 2 is 1.95 bits per heavy atom. The molecule has 1 aliphatic heterocycles. The molecule has 1 aromatic carbocycles. The van der Waals surface area contributed by atoms with Gasteiger partial charge in [-0.25, -0.2) is 0 Å². The SMILES string of the molecule is COC(=O)[C@@H]1CNCC[C@@H]1C(=O)OCc1ccccc1. The molecule has 0 aliphatic carbocycles. The highest BCUT2D eigenvalue weighted by molar-refractivity contribution is 5.82. The number of esters is 2. The molecule has 0 spiro atoms. The van der Waals surface area contributed by atoms with Crippen molar-refractivity contribution in [3.05, 3.63) is 35.9 Å². The monoisotopic (exact) mass is 277 g/mol. The maximum absolute atomic E-state index is 12.1. The van der Waals surface area contributed by atoms with Crippen LogP contribution < -0.4 is 5.32 Å². The number of nitrogens with one attached hydrogen (secondary N) is 1. The van der Waals surface area contributed by atoms with Crippen LogP contribution in [0.3, 0.4) is 0 Å². The fourth-order valence-electron chi connectivity index (χ4n) is 2.38. The van der Waals surface area contributed by atoms with Crippen molar-refractivity contribution in [1.29, 1.82) is 0 Å². The van der Waals surface area contributed by atoms with Crippen molar-refractivity contribution in [1.82, 2.24) is 5.32 Å². The molecule has 2 atom stereocenters. The van der Waals surface area contributed by atoms with Gasteiger partial charge in [-0.15, -0.1) is 0 Å². The number of methoxy groups -OCH3 is 1. The Kier molecular flexibility index (Phi) is 5.12. The average Bonchev–Trinajstić information content (AvgIpc) is 2.52. The topological polar surface area (TPSA) is 64.6 Å². The summed E-state index contributed by atoms with van der Waals surface area (Å²) in [7, 11) is 1.34. The summed E-state index contributed by atoms with van der Waals surface area (Å²) in [5.74, 6) is -1.57. The number of carbonyl (C=O) groups is 2. The van der Waals surface area contributed by atoms with Gasteiger partial charge in [0.25, 0.3) is 0 Å². The molecule has 1 heterocycles. The van der Waals surface area contributed by atoms with Crippen molar-refractivity contribution >= 4 is 11.9 Å². The third kappa shape index (κ3) is 3.57. The van der Waals surface area contributed by atoms with Crippen LogP contribution in [0.25, 0.3) is 0 Å². The number of carbonyl (C=O) groups excluding carboxylic acids is 2. The van der Waals surface area contributed by atoms with E-state index in [2.05, 4.69) is 5.32 Å². The lowest BCUT2D eigenvalue weighted by atomic mass is 9.86. The zero-order valence-electron chi connectivity index (χ0n) is 11.5. The molecule has 1 aromatic rings. The number of hydrogen-bond donors (Lipinski definition) is 1. The molecule has 5 nitrogen and oxygen atoms in total. The number of benzene rings is 1. The molecule has 20 heavy (non-hydrogen) atoms. The van der Waals surface area contributed by atoms with Crippen LogP contribution in [0.15, 0.2) is 30.3 Å². The highest BCUT2D eigenvalue weighted by atomic mass is 16.5. The van der Waals surface area contributed by atoms with E-state index in [4.69, 9.17) is 9.47 Å². The van der Waals surface area contributed by atoms with Crippen LogP contribution >= 0.6 is 0 Å². The standard InChI is InChI=1S/C15H19NO4/c1-19-14(17)13-9-16-8-7-12(13)15(18)20-10-11-5-3-2-4-6-11/h2-6,12-13,16H,7-10H2,1H3/t12-,13+/m0/s1. The highest BCUT2D eigenvalue weighted by Gasteiger charge is 2.37. The van der Waals surface area contributed by atoms with Gasteiger partial charge in [0.1, 0.15) is 6.61 Å². The third-order valence-corrected chi connectivity index (χ3v) is 3.51. The van der Waals surface area contributed by atoms with E-state index in [1.807, 2.05) is 30.3 Å². The zero-order chi connectivity index (χ0) is 14.4. The summed E-state index contributed by atoms with van der Waals surface area (Å²) in [4.78, 5) is 23.8. The minimum atomic E-state index is -0.461. The van der Waals surface area contributed by atoms with Gasteiger partial charge in [-0.2, -0.15) is 0 Å². The first-order chi connectivity index (χ1) is 9.72. The molecule has 1 N–H and O–H groups in total. The molecule has 1 aliphatic rings. The Balaban J connectivity index is 1.94. The Labute approximate surface area is 118 Å². The molecule has 0 saturated carbocycles. The van der Waals surface area contributed by atoms with Crippen molar-refractivity contribution in [2.45, 2.75) is 13.0 Å². The fourth-order valence-corrected chi connectivity index (χ4v) is 2.38. The van der Waals surface area contributed by atoms with Crippen molar-refractivity contribution in [3.63, 3.8) is 0 Å². The Bertz CT molecular complexity index is 460. The summed E-state index contributed by atoms with van der Waals surface area (Å²) < 4.78 is 10.1. The van der Waals surface area contributed by atoms with Gasteiger partial charge in [-0.1, -0.05) is 30.3 Å². The summed E-state index contributed by atoms with van der Waals surface area (Å²) >= 11 is 0. The van der Waals surface area contributed by atoms with Gasteiger partial charge in [0.05, 0.1) is 18.9 Å². The van der Waals surface area contributed by atoms with Gasteiger partial charge < -0.3 is 14.8 Å². The quantitative estimate of drug-likeness (QED) is 0.836. The minimum absolute atomic E-state index is 0.234. The van der Waals surface area contributed by atoms with E-state index in [0.717, 1.165) is 5.56 Å². The van der Waals surface area contributed by atoms with Gasteiger partial charge in [0.2, 0.25) is 0 Å². The molecule has 0 unspecified atom stereocenters. The molecule has 0 amide bonds. The van der Waals surface area contributed by atoms with Crippen LogP contribution in [0.1, 0.15) is 12.0 Å². The fraction of sp³-hybridized carbons (Fsp3) is 0.467. The van der Waals surface area contributed by atoms with Gasteiger partial charge >= 0.3 is 11.9 Å². The first-order valence-corrected chi connectivity index (χ1v) is 6.71. The van der Waals surface area contributed by atoms with E-state index in [9.17, 15) is 9.59 Å². The molecule has 108 valence electrons. The summed E-state index contributed by atoms with van der Waals surface area (Å²) in [5, 5.41) is 3.10. The van der Waals surface area contributed by atoms with Gasteiger partial charge in [0, 0.05) is 6.54 Å². The lowest BCUT2D eigenvalue weighted by molar-refractivity contribution is -0.161. The average molecular weight is 277 g/mol. The predicted octanol–water partition coefficient (Wildman–Crippen LogP) is 1.13. The van der Waals surface area contributed by atoms with Crippen LogP contribution in [0.2, 0.25) is 0 Å². The van der Waals surface area contributed by atoms with Crippen LogP contribution in [0, 0.1) is 11.8 Å². The second kappa shape index (κ2) is 7.05. The lowest BCUT2D eigenvalue weighted by Crippen LogP contribution is -2.45. The van der Waals surface area contributed by atoms with E-state index in [-0.39, 0.29) is 18.5 Å². The second-order valence-electron chi connectivity index (χ2n) is 4.82. The summed E-state index contributed by atoms with van der Waals surface area (Å²) in [6, 6.07) is 9.49. The van der Waals surface area contributed by atoms with Crippen molar-refractivity contribution in [2.75, 3.05) is 20.2 Å². The molecule has 5 heteroatoms. The van der Waals surface area contributed by atoms with E-state index in [1.165, 1.54) is 7.11 Å². The molecular weight excluding hydrogens is 258 g/mol. The molecule has 1 saturated heterocycles. The Morgan fingerprint density at radius 1 is 1.20 bits per heavy atom. The Hall–Kier alpha value is -1.88. The van der Waals surface area contributed by atoms with Crippen LogP contribution in [-0.4, -0.2) is 32.1 Å². The van der Waals surface area contributed by atoms with E-state index >= 15 is 0 Å². The highest BCUT2D eigenvalue weighted by Crippen LogP contribution is 2.22. The van der Waals surface area contributed by atoms with Crippen molar-refractivity contribution < 1.29 is 19.1 Å². The summed E-state index contributed by atoms with van der Waals surface area (Å²) in [5.41, 5.74) is 0.935. The first kappa shape index (κ1) is 14.5. The molecular formula is C15H19NO4. The zero-order valence-corrected chi connectivity index (χ0v) is 11.5. The Morgan fingerprint density at radius 3 is 2.65 bits per heavy atom. The molecule has 1 fully saturated rings. The van der Waals surface area contributed by atoms with Crippen LogP contribution in [-0.2, 0) is 25.7 Å². The van der Waals surface area contributed by atoms with Crippen molar-refractivity contribution in [2.24, 2.45) is 11.8 Å².